The second-order valence-corrected chi connectivity index (χ2v) is 4.67. The van der Waals surface area contributed by atoms with Crippen molar-refractivity contribution in [1.29, 1.82) is 0 Å². The van der Waals surface area contributed by atoms with Gasteiger partial charge < -0.3 is 9.88 Å². The maximum absolute atomic E-state index is 11.2. The standard InChI is InChI=1S/C16H15N3O/c1-12(20)13-6-8-14(9-7-13)17-10-19-11-18-15-4-2-3-5-16(15)19/h2-9,11,17H,10H2,1H3. The summed E-state index contributed by atoms with van der Waals surface area (Å²) < 4.78 is 2.05. The van der Waals surface area contributed by atoms with Gasteiger partial charge in [0.25, 0.3) is 0 Å². The minimum atomic E-state index is 0.0807. The average Bonchev–Trinajstić information content (AvgIpc) is 2.89. The Labute approximate surface area is 117 Å². The Balaban J connectivity index is 1.74. The number of Topliss-reactive ketones (excluding diaryl/α,β-unsaturated/α-hetero) is 1. The number of fused-ring (bicyclic) bond motifs is 1. The Bertz CT molecular complexity index is 744. The number of nitrogens with one attached hydrogen (secondary N) is 1. The highest BCUT2D eigenvalue weighted by Gasteiger charge is 2.02. The fourth-order valence-corrected chi connectivity index (χ4v) is 2.14. The van der Waals surface area contributed by atoms with Crippen LogP contribution in [0, 0.1) is 0 Å². The fourth-order valence-electron chi connectivity index (χ4n) is 2.14. The minimum absolute atomic E-state index is 0.0807. The topological polar surface area (TPSA) is 46.9 Å². The largest absolute Gasteiger partial charge is 0.367 e. The molecule has 0 aliphatic carbocycles. The van der Waals surface area contributed by atoms with Gasteiger partial charge in [-0.15, -0.1) is 0 Å². The summed E-state index contributed by atoms with van der Waals surface area (Å²) in [5, 5.41) is 3.32. The van der Waals surface area contributed by atoms with Gasteiger partial charge in [-0.1, -0.05) is 12.1 Å². The molecule has 3 aromatic rings. The van der Waals surface area contributed by atoms with Gasteiger partial charge in [0.05, 0.1) is 24.0 Å². The molecule has 1 N–H and O–H groups in total. The number of para-hydroxylation sites is 2. The Morgan fingerprint density at radius 3 is 2.65 bits per heavy atom. The Morgan fingerprint density at radius 2 is 1.90 bits per heavy atom. The van der Waals surface area contributed by atoms with E-state index in [0.29, 0.717) is 6.67 Å². The van der Waals surface area contributed by atoms with Gasteiger partial charge in [0.2, 0.25) is 0 Å². The monoisotopic (exact) mass is 265 g/mol. The van der Waals surface area contributed by atoms with Crippen molar-refractivity contribution in [3.8, 4) is 0 Å². The molecule has 4 nitrogen and oxygen atoms in total. The number of rotatable bonds is 4. The molecule has 2 aromatic carbocycles. The van der Waals surface area contributed by atoms with E-state index in [2.05, 4.69) is 10.3 Å². The zero-order chi connectivity index (χ0) is 13.9. The van der Waals surface area contributed by atoms with E-state index in [1.165, 1.54) is 0 Å². The van der Waals surface area contributed by atoms with Crippen molar-refractivity contribution in [1.82, 2.24) is 9.55 Å². The van der Waals surface area contributed by atoms with Crippen molar-refractivity contribution < 1.29 is 4.79 Å². The lowest BCUT2D eigenvalue weighted by Gasteiger charge is -2.08. The van der Waals surface area contributed by atoms with Crippen LogP contribution >= 0.6 is 0 Å². The quantitative estimate of drug-likeness (QED) is 0.736. The van der Waals surface area contributed by atoms with E-state index < -0.39 is 0 Å². The molecule has 0 fully saturated rings. The molecular formula is C16H15N3O. The summed E-state index contributed by atoms with van der Waals surface area (Å²) >= 11 is 0. The molecule has 1 heterocycles. The van der Waals surface area contributed by atoms with Crippen LogP contribution in [-0.2, 0) is 6.67 Å². The molecule has 3 rings (SSSR count). The number of nitrogens with zero attached hydrogens (tertiary/aromatic N) is 2. The molecule has 0 spiro atoms. The average molecular weight is 265 g/mol. The first-order valence-corrected chi connectivity index (χ1v) is 6.49. The lowest BCUT2D eigenvalue weighted by atomic mass is 10.1. The van der Waals surface area contributed by atoms with Gasteiger partial charge in [-0.2, -0.15) is 0 Å². The molecule has 0 amide bonds. The third-order valence-corrected chi connectivity index (χ3v) is 3.27. The van der Waals surface area contributed by atoms with Crippen LogP contribution in [0.5, 0.6) is 0 Å². The Morgan fingerprint density at radius 1 is 1.15 bits per heavy atom. The molecule has 4 heteroatoms. The van der Waals surface area contributed by atoms with Crippen LogP contribution in [0.1, 0.15) is 17.3 Å². The van der Waals surface area contributed by atoms with E-state index in [4.69, 9.17) is 0 Å². The van der Waals surface area contributed by atoms with Crippen LogP contribution in [0.2, 0.25) is 0 Å². The summed E-state index contributed by atoms with van der Waals surface area (Å²) in [6.07, 6.45) is 1.82. The SMILES string of the molecule is CC(=O)c1ccc(NCn2cnc3ccccc32)cc1. The zero-order valence-electron chi connectivity index (χ0n) is 11.2. The number of anilines is 1. The number of imidazole rings is 1. The molecule has 0 atom stereocenters. The van der Waals surface area contributed by atoms with Crippen molar-refractivity contribution in [2.75, 3.05) is 5.32 Å². The molecule has 0 radical (unpaired) electrons. The smallest absolute Gasteiger partial charge is 0.159 e. The molecule has 1 aromatic heterocycles. The van der Waals surface area contributed by atoms with Crippen molar-refractivity contribution >= 4 is 22.5 Å². The predicted octanol–water partition coefficient (Wildman–Crippen LogP) is 3.31. The van der Waals surface area contributed by atoms with Gasteiger partial charge in [-0.05, 0) is 43.3 Å². The number of carbonyl (C=O) groups is 1. The van der Waals surface area contributed by atoms with Crippen LogP contribution in [0.15, 0.2) is 54.9 Å². The first-order chi connectivity index (χ1) is 9.74. The molecule has 0 aliphatic rings. The van der Waals surface area contributed by atoms with Crippen LogP contribution in [0.3, 0.4) is 0 Å². The van der Waals surface area contributed by atoms with Crippen LogP contribution < -0.4 is 5.32 Å². The van der Waals surface area contributed by atoms with E-state index >= 15 is 0 Å². The summed E-state index contributed by atoms with van der Waals surface area (Å²) in [6, 6.07) is 15.5. The number of hydrogen-bond donors (Lipinski definition) is 1. The first-order valence-electron chi connectivity index (χ1n) is 6.49. The van der Waals surface area contributed by atoms with Gasteiger partial charge in [0.1, 0.15) is 0 Å². The number of carbonyl (C=O) groups excluding carboxylic acids is 1. The van der Waals surface area contributed by atoms with Gasteiger partial charge in [0.15, 0.2) is 5.78 Å². The molecule has 20 heavy (non-hydrogen) atoms. The Hall–Kier alpha value is -2.62. The molecule has 0 aliphatic heterocycles. The van der Waals surface area contributed by atoms with Gasteiger partial charge in [-0.25, -0.2) is 4.98 Å². The van der Waals surface area contributed by atoms with Crippen molar-refractivity contribution in [2.24, 2.45) is 0 Å². The van der Waals surface area contributed by atoms with E-state index in [1.807, 2.05) is 59.4 Å². The van der Waals surface area contributed by atoms with Gasteiger partial charge in [-0.3, -0.25) is 4.79 Å². The van der Waals surface area contributed by atoms with Crippen LogP contribution in [-0.4, -0.2) is 15.3 Å². The lowest BCUT2D eigenvalue weighted by Crippen LogP contribution is -2.06. The predicted molar refractivity (Wildman–Crippen MR) is 79.8 cm³/mol. The highest BCUT2D eigenvalue weighted by atomic mass is 16.1. The summed E-state index contributed by atoms with van der Waals surface area (Å²) in [5.41, 5.74) is 3.79. The summed E-state index contributed by atoms with van der Waals surface area (Å²) in [7, 11) is 0. The van der Waals surface area contributed by atoms with Crippen LogP contribution in [0.4, 0.5) is 5.69 Å². The molecule has 0 saturated carbocycles. The summed E-state index contributed by atoms with van der Waals surface area (Å²) in [6.45, 7) is 2.21. The van der Waals surface area contributed by atoms with Gasteiger partial charge >= 0.3 is 0 Å². The maximum Gasteiger partial charge on any atom is 0.159 e. The van der Waals surface area contributed by atoms with E-state index in [9.17, 15) is 4.79 Å². The lowest BCUT2D eigenvalue weighted by molar-refractivity contribution is 0.101. The van der Waals surface area contributed by atoms with E-state index in [0.717, 1.165) is 22.3 Å². The van der Waals surface area contributed by atoms with Gasteiger partial charge in [0, 0.05) is 11.3 Å². The second-order valence-electron chi connectivity index (χ2n) is 4.67. The zero-order valence-corrected chi connectivity index (χ0v) is 11.2. The molecule has 0 unspecified atom stereocenters. The number of benzene rings is 2. The fraction of sp³-hybridized carbons (Fsp3) is 0.125. The highest BCUT2D eigenvalue weighted by Crippen LogP contribution is 2.14. The van der Waals surface area contributed by atoms with E-state index in [-0.39, 0.29) is 5.78 Å². The van der Waals surface area contributed by atoms with Crippen molar-refractivity contribution in [3.63, 3.8) is 0 Å². The molecule has 0 bridgehead atoms. The number of aromatic nitrogens is 2. The van der Waals surface area contributed by atoms with Crippen molar-refractivity contribution in [3.05, 3.63) is 60.4 Å². The summed E-state index contributed by atoms with van der Waals surface area (Å²) in [4.78, 5) is 15.6. The molecule has 0 saturated heterocycles. The summed E-state index contributed by atoms with van der Waals surface area (Å²) in [5.74, 6) is 0.0807. The van der Waals surface area contributed by atoms with Crippen molar-refractivity contribution in [2.45, 2.75) is 13.6 Å². The maximum atomic E-state index is 11.2. The van der Waals surface area contributed by atoms with E-state index in [1.54, 1.807) is 6.92 Å². The normalized spacial score (nSPS) is 10.7. The third-order valence-electron chi connectivity index (χ3n) is 3.27. The second kappa shape index (κ2) is 5.17. The minimum Gasteiger partial charge on any atom is -0.367 e. The number of hydrogen-bond acceptors (Lipinski definition) is 3. The van der Waals surface area contributed by atoms with Crippen LogP contribution in [0.25, 0.3) is 11.0 Å². The Kier molecular flexibility index (Phi) is 3.21. The first kappa shape index (κ1) is 12.4. The highest BCUT2D eigenvalue weighted by molar-refractivity contribution is 5.94. The molecule has 100 valence electrons. The number of ketones is 1. The molecular weight excluding hydrogens is 250 g/mol. The third kappa shape index (κ3) is 2.40.